The molecule has 0 aliphatic heterocycles. The molecule has 0 aromatic heterocycles. The molecule has 3 rings (SSSR count). The Hall–Kier alpha value is -2.92. The molecule has 0 amide bonds. The van der Waals surface area contributed by atoms with Crippen molar-refractivity contribution in [3.05, 3.63) is 96.1 Å². The maximum absolute atomic E-state index is 12.2. The molecule has 8 nitrogen and oxygen atoms in total. The number of rotatable bonds is 12. The molecule has 10 heteroatoms. The van der Waals surface area contributed by atoms with Crippen LogP contribution >= 0.6 is 0 Å². The Morgan fingerprint density at radius 3 is 1.22 bits per heavy atom. The molecule has 0 unspecified atom stereocenters. The van der Waals surface area contributed by atoms with Gasteiger partial charge in [-0.05, 0) is 35.4 Å². The molecule has 0 aliphatic carbocycles. The van der Waals surface area contributed by atoms with Crippen molar-refractivity contribution in [3.63, 3.8) is 0 Å². The maximum Gasteiger partial charge on any atom is 0.257 e. The van der Waals surface area contributed by atoms with E-state index in [0.717, 1.165) is 11.1 Å². The van der Waals surface area contributed by atoms with Crippen LogP contribution in [0, 0.1) is 0 Å². The number of hydrogen-bond acceptors (Lipinski definition) is 6. The van der Waals surface area contributed by atoms with Gasteiger partial charge in [0.1, 0.15) is 0 Å². The quantitative estimate of drug-likeness (QED) is 0.414. The molecule has 170 valence electrons. The SMILES string of the molecule is O=S(=O)(COCc1ccccc1)Nc1ccc(NS(=O)(=O)COCc2ccccc2)cc1. The second-order valence-corrected chi connectivity index (χ2v) is 10.3. The van der Waals surface area contributed by atoms with E-state index >= 15 is 0 Å². The Morgan fingerprint density at radius 2 is 0.875 bits per heavy atom. The van der Waals surface area contributed by atoms with E-state index in [9.17, 15) is 16.8 Å². The van der Waals surface area contributed by atoms with Crippen LogP contribution < -0.4 is 9.44 Å². The van der Waals surface area contributed by atoms with E-state index in [4.69, 9.17) is 9.47 Å². The molecule has 32 heavy (non-hydrogen) atoms. The van der Waals surface area contributed by atoms with Gasteiger partial charge in [0.05, 0.1) is 13.2 Å². The fraction of sp³-hybridized carbons (Fsp3) is 0.182. The average molecular weight is 477 g/mol. The molecule has 0 spiro atoms. The summed E-state index contributed by atoms with van der Waals surface area (Å²) in [7, 11) is -7.44. The van der Waals surface area contributed by atoms with Gasteiger partial charge in [0.2, 0.25) is 0 Å². The summed E-state index contributed by atoms with van der Waals surface area (Å²) in [5.41, 5.74) is 2.31. The van der Waals surface area contributed by atoms with Crippen LogP contribution in [0.3, 0.4) is 0 Å². The lowest BCUT2D eigenvalue weighted by Crippen LogP contribution is -2.19. The van der Waals surface area contributed by atoms with E-state index in [1.165, 1.54) is 24.3 Å². The number of benzene rings is 3. The molecule has 0 radical (unpaired) electrons. The van der Waals surface area contributed by atoms with Gasteiger partial charge in [0.25, 0.3) is 20.0 Å². The van der Waals surface area contributed by atoms with Crippen molar-refractivity contribution in [2.45, 2.75) is 13.2 Å². The van der Waals surface area contributed by atoms with Crippen molar-refractivity contribution < 1.29 is 26.3 Å². The molecule has 2 N–H and O–H groups in total. The van der Waals surface area contributed by atoms with Crippen LogP contribution in [-0.2, 0) is 42.7 Å². The van der Waals surface area contributed by atoms with E-state index in [-0.39, 0.29) is 24.6 Å². The number of sulfonamides is 2. The zero-order valence-corrected chi connectivity index (χ0v) is 18.8. The minimum atomic E-state index is -3.72. The van der Waals surface area contributed by atoms with E-state index in [2.05, 4.69) is 9.44 Å². The van der Waals surface area contributed by atoms with Gasteiger partial charge < -0.3 is 9.47 Å². The van der Waals surface area contributed by atoms with Gasteiger partial charge in [-0.2, -0.15) is 0 Å². The van der Waals surface area contributed by atoms with Crippen molar-refractivity contribution in [3.8, 4) is 0 Å². The summed E-state index contributed by atoms with van der Waals surface area (Å²) in [6, 6.07) is 24.3. The molecular weight excluding hydrogens is 452 g/mol. The van der Waals surface area contributed by atoms with Crippen LogP contribution in [0.25, 0.3) is 0 Å². The zero-order valence-electron chi connectivity index (χ0n) is 17.2. The Kier molecular flexibility index (Phi) is 8.23. The Balaban J connectivity index is 1.46. The molecule has 3 aromatic rings. The lowest BCUT2D eigenvalue weighted by molar-refractivity contribution is 0.163. The average Bonchev–Trinajstić information content (AvgIpc) is 2.76. The van der Waals surface area contributed by atoms with Gasteiger partial charge in [-0.3, -0.25) is 9.44 Å². The first-order valence-corrected chi connectivity index (χ1v) is 13.0. The molecule has 0 saturated heterocycles. The van der Waals surface area contributed by atoms with Crippen molar-refractivity contribution >= 4 is 31.4 Å². The zero-order chi connectivity index (χ0) is 22.9. The highest BCUT2D eigenvalue weighted by Crippen LogP contribution is 2.17. The molecule has 0 aliphatic rings. The summed E-state index contributed by atoms with van der Waals surface area (Å²) in [6.45, 7) is 0.351. The minimum Gasteiger partial charge on any atom is -0.359 e. The molecule has 3 aromatic carbocycles. The Morgan fingerprint density at radius 1 is 0.531 bits per heavy atom. The lowest BCUT2D eigenvalue weighted by Gasteiger charge is -2.11. The standard InChI is InChI=1S/C22H24N2O6S2/c25-31(26,17-29-15-19-7-3-1-4-8-19)23-21-11-13-22(14-12-21)24-32(27,28)18-30-16-20-9-5-2-6-10-20/h1-14,23-24H,15-18H2. The van der Waals surface area contributed by atoms with Gasteiger partial charge in [-0.25, -0.2) is 16.8 Å². The maximum atomic E-state index is 12.2. The third-order valence-corrected chi connectivity index (χ3v) is 6.18. The highest BCUT2D eigenvalue weighted by molar-refractivity contribution is 7.92. The van der Waals surface area contributed by atoms with E-state index in [0.29, 0.717) is 0 Å². The summed E-state index contributed by atoms with van der Waals surface area (Å²) in [5.74, 6) is -1.01. The fourth-order valence-corrected chi connectivity index (χ4v) is 4.43. The lowest BCUT2D eigenvalue weighted by atomic mass is 10.2. The summed E-state index contributed by atoms with van der Waals surface area (Å²) < 4.78 is 64.0. The van der Waals surface area contributed by atoms with Crippen molar-refractivity contribution in [1.29, 1.82) is 0 Å². The molecule has 0 atom stereocenters. The monoisotopic (exact) mass is 476 g/mol. The first-order chi connectivity index (χ1) is 15.3. The van der Waals surface area contributed by atoms with Crippen LogP contribution in [0.2, 0.25) is 0 Å². The van der Waals surface area contributed by atoms with Crippen molar-refractivity contribution in [2.24, 2.45) is 0 Å². The van der Waals surface area contributed by atoms with Crippen LogP contribution in [0.1, 0.15) is 11.1 Å². The highest BCUT2D eigenvalue weighted by atomic mass is 32.2. The van der Waals surface area contributed by atoms with Crippen LogP contribution in [-0.4, -0.2) is 28.7 Å². The fourth-order valence-electron chi connectivity index (χ4n) is 2.71. The highest BCUT2D eigenvalue weighted by Gasteiger charge is 2.13. The summed E-state index contributed by atoms with van der Waals surface area (Å²) in [6.07, 6.45) is 0. The van der Waals surface area contributed by atoms with Crippen LogP contribution in [0.5, 0.6) is 0 Å². The number of nitrogens with one attached hydrogen (secondary N) is 2. The van der Waals surface area contributed by atoms with E-state index in [1.807, 2.05) is 60.7 Å². The minimum absolute atomic E-state index is 0.175. The predicted octanol–water partition coefficient (Wildman–Crippen LogP) is 3.52. The topological polar surface area (TPSA) is 111 Å². The van der Waals surface area contributed by atoms with Gasteiger partial charge >= 0.3 is 0 Å². The second kappa shape index (κ2) is 11.1. The molecule has 0 fully saturated rings. The Bertz CT molecular complexity index is 1090. The third-order valence-electron chi connectivity index (χ3n) is 4.13. The van der Waals surface area contributed by atoms with Crippen LogP contribution in [0.4, 0.5) is 11.4 Å². The molecule has 0 heterocycles. The summed E-state index contributed by atoms with van der Waals surface area (Å²) in [5, 5.41) is 0. The first-order valence-electron chi connectivity index (χ1n) is 9.66. The summed E-state index contributed by atoms with van der Waals surface area (Å²) in [4.78, 5) is 0. The second-order valence-electron chi connectivity index (χ2n) is 6.91. The Labute approximate surface area is 188 Å². The van der Waals surface area contributed by atoms with E-state index in [1.54, 1.807) is 0 Å². The normalized spacial score (nSPS) is 11.8. The number of hydrogen-bond donors (Lipinski definition) is 2. The van der Waals surface area contributed by atoms with Gasteiger partial charge in [0, 0.05) is 11.4 Å². The molecule has 0 saturated carbocycles. The molecular formula is C22H24N2O6S2. The predicted molar refractivity (Wildman–Crippen MR) is 124 cm³/mol. The van der Waals surface area contributed by atoms with Crippen LogP contribution in [0.15, 0.2) is 84.9 Å². The smallest absolute Gasteiger partial charge is 0.257 e. The number of anilines is 2. The summed E-state index contributed by atoms with van der Waals surface area (Å²) >= 11 is 0. The van der Waals surface area contributed by atoms with Crippen molar-refractivity contribution in [1.82, 2.24) is 0 Å². The van der Waals surface area contributed by atoms with Gasteiger partial charge in [-0.15, -0.1) is 0 Å². The number of ether oxygens (including phenoxy) is 2. The largest absolute Gasteiger partial charge is 0.359 e. The van der Waals surface area contributed by atoms with Crippen molar-refractivity contribution in [2.75, 3.05) is 21.3 Å². The van der Waals surface area contributed by atoms with Gasteiger partial charge in [-0.1, -0.05) is 60.7 Å². The third kappa shape index (κ3) is 8.31. The van der Waals surface area contributed by atoms with Gasteiger partial charge in [0.15, 0.2) is 11.9 Å². The first kappa shape index (κ1) is 23.7. The van der Waals surface area contributed by atoms with E-state index < -0.39 is 31.9 Å². The molecule has 0 bridgehead atoms.